The predicted octanol–water partition coefficient (Wildman–Crippen LogP) is 2.70. The van der Waals surface area contributed by atoms with Gasteiger partial charge in [-0.25, -0.2) is 4.39 Å². The molecule has 0 spiro atoms. The predicted molar refractivity (Wildman–Crippen MR) is 138 cm³/mol. The molecule has 1 saturated carbocycles. The van der Waals surface area contributed by atoms with Gasteiger partial charge < -0.3 is 26.0 Å². The summed E-state index contributed by atoms with van der Waals surface area (Å²) in [7, 11) is 0. The van der Waals surface area contributed by atoms with E-state index in [-0.39, 0.29) is 66.4 Å². The Morgan fingerprint density at radius 3 is 2.70 bits per heavy atom. The van der Waals surface area contributed by atoms with Crippen LogP contribution in [0.3, 0.4) is 0 Å². The maximum atomic E-state index is 13.2. The summed E-state index contributed by atoms with van der Waals surface area (Å²) < 4.78 is 18.4. The van der Waals surface area contributed by atoms with Gasteiger partial charge in [0.2, 0.25) is 17.7 Å². The highest BCUT2D eigenvalue weighted by atomic mass is 32.1. The van der Waals surface area contributed by atoms with Gasteiger partial charge in [-0.1, -0.05) is 6.92 Å². The van der Waals surface area contributed by atoms with Crippen LogP contribution in [0.15, 0.2) is 35.7 Å². The number of amidine groups is 1. The second-order valence-electron chi connectivity index (χ2n) is 9.96. The van der Waals surface area contributed by atoms with Gasteiger partial charge in [-0.15, -0.1) is 11.3 Å². The van der Waals surface area contributed by atoms with Gasteiger partial charge in [0.25, 0.3) is 0 Å². The van der Waals surface area contributed by atoms with Gasteiger partial charge in [0.15, 0.2) is 0 Å². The number of piperidine rings is 1. The van der Waals surface area contributed by atoms with E-state index in [9.17, 15) is 18.8 Å². The van der Waals surface area contributed by atoms with Crippen molar-refractivity contribution in [2.24, 2.45) is 11.1 Å². The molecule has 11 heteroatoms. The Bertz CT molecular complexity index is 1190. The van der Waals surface area contributed by atoms with Crippen molar-refractivity contribution < 1.29 is 23.5 Å². The second-order valence-corrected chi connectivity index (χ2v) is 10.9. The van der Waals surface area contributed by atoms with Gasteiger partial charge in [-0.05, 0) is 61.9 Å². The molecule has 198 valence electrons. The molecule has 2 aromatic rings. The monoisotopic (exact) mass is 529 g/mol. The molecular weight excluding hydrogens is 497 g/mol. The third-order valence-electron chi connectivity index (χ3n) is 7.01. The van der Waals surface area contributed by atoms with E-state index in [2.05, 4.69) is 17.6 Å². The molecule has 1 aliphatic carbocycles. The summed E-state index contributed by atoms with van der Waals surface area (Å²) in [5.41, 5.74) is 6.08. The second kappa shape index (κ2) is 10.9. The van der Waals surface area contributed by atoms with Gasteiger partial charge in [-0.3, -0.25) is 19.8 Å². The number of fused-ring (bicyclic) bond motifs is 1. The molecule has 4 rings (SSSR count). The summed E-state index contributed by atoms with van der Waals surface area (Å²) in [6.07, 6.45) is 2.05. The highest BCUT2D eigenvalue weighted by Gasteiger charge is 2.64. The van der Waals surface area contributed by atoms with Crippen LogP contribution in [0.25, 0.3) is 0 Å². The van der Waals surface area contributed by atoms with E-state index >= 15 is 0 Å². The third-order valence-corrected chi connectivity index (χ3v) is 8.12. The van der Waals surface area contributed by atoms with Crippen molar-refractivity contribution in [3.05, 3.63) is 52.0 Å². The van der Waals surface area contributed by atoms with Crippen molar-refractivity contribution in [2.75, 3.05) is 13.2 Å². The highest BCUT2D eigenvalue weighted by Crippen LogP contribution is 2.59. The molecule has 5 N–H and O–H groups in total. The largest absolute Gasteiger partial charge is 0.494 e. The molecule has 2 fully saturated rings. The summed E-state index contributed by atoms with van der Waals surface area (Å²) in [6.45, 7) is 4.05. The molecule has 0 bridgehead atoms. The first kappa shape index (κ1) is 26.6. The normalized spacial score (nSPS) is 22.6. The van der Waals surface area contributed by atoms with Crippen LogP contribution in [-0.4, -0.2) is 53.7 Å². The molecule has 37 heavy (non-hydrogen) atoms. The van der Waals surface area contributed by atoms with Crippen LogP contribution < -0.4 is 21.1 Å². The lowest BCUT2D eigenvalue weighted by atomic mass is 10.0. The highest BCUT2D eigenvalue weighted by molar-refractivity contribution is 7.10. The van der Waals surface area contributed by atoms with Crippen LogP contribution in [0.1, 0.15) is 56.0 Å². The van der Waals surface area contributed by atoms with E-state index in [0.29, 0.717) is 24.2 Å². The number of carbonyl (C=O) groups is 3. The Kier molecular flexibility index (Phi) is 7.82. The number of nitrogen functional groups attached to an aromatic ring is 1. The zero-order valence-corrected chi connectivity index (χ0v) is 21.7. The number of carbonyl (C=O) groups excluding carboxylic acids is 3. The first-order chi connectivity index (χ1) is 17.6. The quantitative estimate of drug-likeness (QED) is 0.202. The number of ether oxygens (including phenoxy) is 1. The molecule has 1 aromatic heterocycles. The molecule has 2 heterocycles. The van der Waals surface area contributed by atoms with Gasteiger partial charge >= 0.3 is 0 Å². The smallest absolute Gasteiger partial charge is 0.243 e. The van der Waals surface area contributed by atoms with Crippen LogP contribution in [0.5, 0.6) is 5.75 Å². The number of nitrogens with two attached hydrogens (primary N) is 1. The first-order valence-electron chi connectivity index (χ1n) is 12.3. The topological polar surface area (TPSA) is 138 Å². The zero-order chi connectivity index (χ0) is 26.7. The van der Waals surface area contributed by atoms with E-state index in [1.54, 1.807) is 16.3 Å². The molecule has 1 aromatic carbocycles. The van der Waals surface area contributed by atoms with Gasteiger partial charge in [-0.2, -0.15) is 0 Å². The average Bonchev–Trinajstić information content (AvgIpc) is 3.20. The number of hydrogen-bond acceptors (Lipinski definition) is 6. The number of hydrogen-bond donors (Lipinski definition) is 4. The van der Waals surface area contributed by atoms with Crippen LogP contribution in [0, 0.1) is 16.6 Å². The summed E-state index contributed by atoms with van der Waals surface area (Å²) in [4.78, 5) is 41.0. The molecule has 3 amide bonds. The van der Waals surface area contributed by atoms with Crippen LogP contribution in [0.2, 0.25) is 0 Å². The van der Waals surface area contributed by atoms with Crippen molar-refractivity contribution in [1.82, 2.24) is 15.5 Å². The van der Waals surface area contributed by atoms with Crippen LogP contribution >= 0.6 is 11.3 Å². The number of likely N-dealkylation sites (tertiary alicyclic amines) is 1. The molecule has 1 aliphatic heterocycles. The van der Waals surface area contributed by atoms with Crippen molar-refractivity contribution in [1.29, 1.82) is 5.41 Å². The maximum absolute atomic E-state index is 13.2. The molecule has 9 nitrogen and oxygen atoms in total. The van der Waals surface area contributed by atoms with E-state index in [1.807, 2.05) is 6.92 Å². The first-order valence-corrected chi connectivity index (χ1v) is 13.1. The average molecular weight is 530 g/mol. The molecule has 0 radical (unpaired) electrons. The summed E-state index contributed by atoms with van der Waals surface area (Å²) in [6, 6.07) is 6.55. The molecule has 1 saturated heterocycles. The van der Waals surface area contributed by atoms with E-state index in [0.717, 1.165) is 11.3 Å². The van der Waals surface area contributed by atoms with E-state index < -0.39 is 6.04 Å². The van der Waals surface area contributed by atoms with E-state index in [4.69, 9.17) is 15.9 Å². The zero-order valence-electron chi connectivity index (χ0n) is 20.9. The summed E-state index contributed by atoms with van der Waals surface area (Å²) in [5, 5.41) is 15.0. The summed E-state index contributed by atoms with van der Waals surface area (Å²) >= 11 is 1.42. The lowest BCUT2D eigenvalue weighted by Crippen LogP contribution is -2.51. The SMILES string of the molecule is C[C@@H](NC(=O)[C@@H]1C[C@]2(C)C[C@@H]2N1C(=O)CNC(=O)CCCOc1ccc(F)cc1)c1cc(C(=N)N)cs1. The van der Waals surface area contributed by atoms with Gasteiger partial charge in [0.05, 0.1) is 19.2 Å². The van der Waals surface area contributed by atoms with Gasteiger partial charge in [0.1, 0.15) is 23.4 Å². The summed E-state index contributed by atoms with van der Waals surface area (Å²) in [5.74, 6) is -0.621. The van der Waals surface area contributed by atoms with Crippen molar-refractivity contribution in [3.63, 3.8) is 0 Å². The Labute approximate surface area is 219 Å². The Morgan fingerprint density at radius 2 is 2.03 bits per heavy atom. The molecule has 4 atom stereocenters. The van der Waals surface area contributed by atoms with Crippen molar-refractivity contribution >= 4 is 34.9 Å². The fraction of sp³-hybridized carbons (Fsp3) is 0.462. The fourth-order valence-corrected chi connectivity index (χ4v) is 5.69. The minimum Gasteiger partial charge on any atom is -0.494 e. The number of halogens is 1. The van der Waals surface area contributed by atoms with Crippen LogP contribution in [0.4, 0.5) is 4.39 Å². The number of nitrogens with zero attached hydrogens (tertiary/aromatic N) is 1. The lowest BCUT2D eigenvalue weighted by molar-refractivity contribution is -0.140. The number of benzene rings is 1. The Morgan fingerprint density at radius 1 is 1.30 bits per heavy atom. The van der Waals surface area contributed by atoms with E-state index in [1.165, 1.54) is 35.6 Å². The maximum Gasteiger partial charge on any atom is 0.243 e. The lowest BCUT2D eigenvalue weighted by Gasteiger charge is -2.28. The van der Waals surface area contributed by atoms with Gasteiger partial charge in [0, 0.05) is 28.3 Å². The van der Waals surface area contributed by atoms with Crippen molar-refractivity contribution in [2.45, 2.75) is 57.7 Å². The number of amides is 3. The Balaban J connectivity index is 1.25. The molecule has 2 aliphatic rings. The minimum absolute atomic E-state index is 0.00174. The molecular formula is C26H32FN5O4S. The van der Waals surface area contributed by atoms with Crippen molar-refractivity contribution in [3.8, 4) is 5.75 Å². The number of rotatable bonds is 11. The third kappa shape index (κ3) is 6.27. The number of thiophene rings is 1. The minimum atomic E-state index is -0.591. The molecule has 0 unspecified atom stereocenters. The Hall–Kier alpha value is -3.47. The fourth-order valence-electron chi connectivity index (χ4n) is 4.77. The van der Waals surface area contributed by atoms with Crippen LogP contribution in [-0.2, 0) is 14.4 Å². The standard InChI is InChI=1S/C26H32FN5O4S/c1-15(20-10-16(14-37-20)24(28)29)31-25(35)19-11-26(2)12-21(26)32(19)23(34)13-30-22(33)4-3-9-36-18-7-5-17(27)6-8-18/h5-8,10,14-15,19,21H,3-4,9,11-13H2,1-2H3,(H3,28,29)(H,30,33)(H,31,35)/t15-,19+,21+,26-/m1/s1. The number of nitrogens with one attached hydrogen (secondary N) is 3.